The molecule has 0 amide bonds. The first kappa shape index (κ1) is 14.3. The molecule has 2 unspecified atom stereocenters. The summed E-state index contributed by atoms with van der Waals surface area (Å²) in [5.41, 5.74) is 2.09. The Bertz CT molecular complexity index is 644. The molecule has 1 aliphatic rings. The lowest BCUT2D eigenvalue weighted by Gasteiger charge is -2.25. The number of nitrogens with zero attached hydrogens (tertiary/aromatic N) is 2. The lowest BCUT2D eigenvalue weighted by Crippen LogP contribution is -2.23. The van der Waals surface area contributed by atoms with Crippen LogP contribution in [0.3, 0.4) is 0 Å². The summed E-state index contributed by atoms with van der Waals surface area (Å²) in [6.45, 7) is 5.20. The van der Waals surface area contributed by atoms with Crippen molar-refractivity contribution in [3.63, 3.8) is 0 Å². The molecule has 1 aliphatic carbocycles. The highest BCUT2D eigenvalue weighted by atomic mass is 16.1. The molecular weight excluding hydrogens is 260 g/mol. The number of benzene rings is 1. The lowest BCUT2D eigenvalue weighted by molar-refractivity contribution is -0.123. The van der Waals surface area contributed by atoms with Crippen molar-refractivity contribution >= 4 is 16.7 Å². The third kappa shape index (κ3) is 2.87. The number of hydrogen-bond donors (Lipinski definition) is 0. The van der Waals surface area contributed by atoms with Gasteiger partial charge in [-0.15, -0.1) is 0 Å². The molecule has 0 radical (unpaired) electrons. The van der Waals surface area contributed by atoms with Gasteiger partial charge in [0.05, 0.1) is 17.6 Å². The highest BCUT2D eigenvalue weighted by Gasteiger charge is 2.26. The van der Waals surface area contributed by atoms with Gasteiger partial charge in [0.25, 0.3) is 0 Å². The first-order chi connectivity index (χ1) is 10.2. The molecule has 3 nitrogen and oxygen atoms in total. The summed E-state index contributed by atoms with van der Waals surface area (Å²) in [5.74, 6) is 1.32. The standard InChI is InChI=1S/C18H24N2O/c1-3-20-17-10-5-4-9-15(17)16(19-20)12-18(21)14-8-6-7-13(2)11-14/h4-5,9-10,13-14H,3,6-8,11-12H2,1-2H3. The SMILES string of the molecule is CCn1nc(CC(=O)C2CCCC(C)C2)c2ccccc21. The number of aryl methyl sites for hydroxylation is 1. The quantitative estimate of drug-likeness (QED) is 0.850. The van der Waals surface area contributed by atoms with Gasteiger partial charge >= 0.3 is 0 Å². The molecule has 2 atom stereocenters. The zero-order valence-electron chi connectivity index (χ0n) is 13.0. The summed E-state index contributed by atoms with van der Waals surface area (Å²) < 4.78 is 2.00. The molecule has 1 aromatic carbocycles. The number of Topliss-reactive ketones (excluding diaryl/α,β-unsaturated/α-hetero) is 1. The van der Waals surface area contributed by atoms with Crippen molar-refractivity contribution in [2.45, 2.75) is 52.5 Å². The van der Waals surface area contributed by atoms with Gasteiger partial charge in [0.2, 0.25) is 0 Å². The molecule has 1 aromatic heterocycles. The van der Waals surface area contributed by atoms with Crippen LogP contribution < -0.4 is 0 Å². The van der Waals surface area contributed by atoms with Gasteiger partial charge in [-0.3, -0.25) is 9.48 Å². The van der Waals surface area contributed by atoms with Gasteiger partial charge in [0.15, 0.2) is 0 Å². The Morgan fingerprint density at radius 1 is 1.33 bits per heavy atom. The van der Waals surface area contributed by atoms with Crippen LogP contribution in [0.4, 0.5) is 0 Å². The summed E-state index contributed by atoms with van der Waals surface area (Å²) in [5, 5.41) is 5.79. The molecule has 1 fully saturated rings. The number of fused-ring (bicyclic) bond motifs is 1. The maximum Gasteiger partial charge on any atom is 0.142 e. The van der Waals surface area contributed by atoms with Gasteiger partial charge in [0, 0.05) is 17.8 Å². The van der Waals surface area contributed by atoms with Crippen LogP contribution in [0.2, 0.25) is 0 Å². The molecule has 1 heterocycles. The first-order valence-corrected chi connectivity index (χ1v) is 8.16. The van der Waals surface area contributed by atoms with E-state index in [4.69, 9.17) is 0 Å². The molecular formula is C18H24N2O. The lowest BCUT2D eigenvalue weighted by atomic mass is 9.79. The van der Waals surface area contributed by atoms with Crippen LogP contribution in [0.15, 0.2) is 24.3 Å². The molecule has 3 heteroatoms. The Labute approximate surface area is 126 Å². The summed E-state index contributed by atoms with van der Waals surface area (Å²) in [6.07, 6.45) is 5.09. The molecule has 112 valence electrons. The van der Waals surface area contributed by atoms with E-state index < -0.39 is 0 Å². The van der Waals surface area contributed by atoms with Gasteiger partial charge in [-0.25, -0.2) is 0 Å². The van der Waals surface area contributed by atoms with Gasteiger partial charge in [0.1, 0.15) is 5.78 Å². The van der Waals surface area contributed by atoms with Crippen molar-refractivity contribution in [1.82, 2.24) is 9.78 Å². The van der Waals surface area contributed by atoms with E-state index >= 15 is 0 Å². The predicted molar refractivity (Wildman–Crippen MR) is 85.2 cm³/mol. The Kier molecular flexibility index (Phi) is 4.09. The Morgan fingerprint density at radius 2 is 2.14 bits per heavy atom. The molecule has 0 aliphatic heterocycles. The smallest absolute Gasteiger partial charge is 0.142 e. The minimum absolute atomic E-state index is 0.249. The summed E-state index contributed by atoms with van der Waals surface area (Å²) in [4.78, 5) is 12.6. The molecule has 2 aromatic rings. The second-order valence-corrected chi connectivity index (χ2v) is 6.39. The van der Waals surface area contributed by atoms with Crippen LogP contribution in [0.1, 0.15) is 45.2 Å². The third-order valence-corrected chi connectivity index (χ3v) is 4.77. The first-order valence-electron chi connectivity index (χ1n) is 8.16. The largest absolute Gasteiger partial charge is 0.299 e. The summed E-state index contributed by atoms with van der Waals surface area (Å²) >= 11 is 0. The number of rotatable bonds is 4. The van der Waals surface area contributed by atoms with Gasteiger partial charge in [-0.2, -0.15) is 5.10 Å². The molecule has 21 heavy (non-hydrogen) atoms. The third-order valence-electron chi connectivity index (χ3n) is 4.77. The number of carbonyl (C=O) groups is 1. The summed E-state index contributed by atoms with van der Waals surface area (Å²) in [6, 6.07) is 8.23. The topological polar surface area (TPSA) is 34.9 Å². The van der Waals surface area contributed by atoms with Crippen molar-refractivity contribution < 1.29 is 4.79 Å². The maximum atomic E-state index is 12.6. The van der Waals surface area contributed by atoms with Crippen molar-refractivity contribution in [3.8, 4) is 0 Å². The second-order valence-electron chi connectivity index (χ2n) is 6.39. The van der Waals surface area contributed by atoms with E-state index in [2.05, 4.69) is 31.1 Å². The Hall–Kier alpha value is -1.64. The van der Waals surface area contributed by atoms with E-state index in [1.54, 1.807) is 0 Å². The van der Waals surface area contributed by atoms with E-state index in [9.17, 15) is 4.79 Å². The fourth-order valence-corrected chi connectivity index (χ4v) is 3.60. The van der Waals surface area contributed by atoms with Crippen LogP contribution in [0, 0.1) is 11.8 Å². The molecule has 0 spiro atoms. The van der Waals surface area contributed by atoms with E-state index in [1.807, 2.05) is 16.8 Å². The van der Waals surface area contributed by atoms with Crippen molar-refractivity contribution in [3.05, 3.63) is 30.0 Å². The fraction of sp³-hybridized carbons (Fsp3) is 0.556. The van der Waals surface area contributed by atoms with Crippen molar-refractivity contribution in [1.29, 1.82) is 0 Å². The highest BCUT2D eigenvalue weighted by molar-refractivity contribution is 5.89. The van der Waals surface area contributed by atoms with Crippen molar-refractivity contribution in [2.24, 2.45) is 11.8 Å². The minimum Gasteiger partial charge on any atom is -0.299 e. The number of carbonyl (C=O) groups excluding carboxylic acids is 1. The van der Waals surface area contributed by atoms with Crippen LogP contribution in [-0.2, 0) is 17.8 Å². The van der Waals surface area contributed by atoms with Gasteiger partial charge in [-0.1, -0.05) is 38.0 Å². The van der Waals surface area contributed by atoms with E-state index in [0.29, 0.717) is 18.1 Å². The summed E-state index contributed by atoms with van der Waals surface area (Å²) in [7, 11) is 0. The Morgan fingerprint density at radius 3 is 2.90 bits per heavy atom. The van der Waals surface area contributed by atoms with Crippen LogP contribution in [-0.4, -0.2) is 15.6 Å². The average molecular weight is 284 g/mol. The van der Waals surface area contributed by atoms with E-state index in [-0.39, 0.29) is 5.92 Å². The number of para-hydroxylation sites is 1. The van der Waals surface area contributed by atoms with Gasteiger partial charge < -0.3 is 0 Å². The number of hydrogen-bond acceptors (Lipinski definition) is 2. The maximum absolute atomic E-state index is 12.6. The average Bonchev–Trinajstić information content (AvgIpc) is 2.85. The molecule has 3 rings (SSSR count). The second kappa shape index (κ2) is 6.00. The monoisotopic (exact) mass is 284 g/mol. The Balaban J connectivity index is 1.83. The van der Waals surface area contributed by atoms with E-state index in [1.165, 1.54) is 12.8 Å². The fourth-order valence-electron chi connectivity index (χ4n) is 3.60. The predicted octanol–water partition coefficient (Wildman–Crippen LogP) is 3.99. The zero-order valence-corrected chi connectivity index (χ0v) is 13.0. The minimum atomic E-state index is 0.249. The molecule has 1 saturated carbocycles. The number of aromatic nitrogens is 2. The van der Waals surface area contributed by atoms with Gasteiger partial charge in [-0.05, 0) is 31.7 Å². The molecule has 0 N–H and O–H groups in total. The molecule has 0 saturated heterocycles. The van der Waals surface area contributed by atoms with E-state index in [0.717, 1.165) is 36.0 Å². The van der Waals surface area contributed by atoms with Crippen LogP contribution >= 0.6 is 0 Å². The molecule has 0 bridgehead atoms. The highest BCUT2D eigenvalue weighted by Crippen LogP contribution is 2.30. The van der Waals surface area contributed by atoms with Crippen LogP contribution in [0.5, 0.6) is 0 Å². The van der Waals surface area contributed by atoms with Crippen LogP contribution in [0.25, 0.3) is 10.9 Å². The zero-order chi connectivity index (χ0) is 14.8. The van der Waals surface area contributed by atoms with Crippen molar-refractivity contribution in [2.75, 3.05) is 0 Å². The normalized spacial score (nSPS) is 22.6. The number of ketones is 1.